The van der Waals surface area contributed by atoms with E-state index in [1.807, 2.05) is 26.0 Å². The maximum Gasteiger partial charge on any atom is 0.261 e. The molecule has 0 bridgehead atoms. The van der Waals surface area contributed by atoms with Gasteiger partial charge in [0.2, 0.25) is 0 Å². The van der Waals surface area contributed by atoms with Crippen molar-refractivity contribution in [2.75, 3.05) is 13.7 Å². The number of fused-ring (bicyclic) bond motifs is 1. The molecule has 180 valence electrons. The molecule has 5 nitrogen and oxygen atoms in total. The van der Waals surface area contributed by atoms with Crippen LogP contribution in [0, 0.1) is 0 Å². The second kappa shape index (κ2) is 8.91. The van der Waals surface area contributed by atoms with Crippen LogP contribution in [0.4, 0.5) is 0 Å². The summed E-state index contributed by atoms with van der Waals surface area (Å²) in [5.41, 5.74) is -0.684. The lowest BCUT2D eigenvalue weighted by Gasteiger charge is -2.47. The number of hydrogen-bond acceptors (Lipinski definition) is 5. The molecule has 2 aromatic rings. The number of ether oxygens (including phenoxy) is 3. The molecule has 2 aliphatic rings. The van der Waals surface area contributed by atoms with Crippen molar-refractivity contribution in [2.45, 2.75) is 82.2 Å². The van der Waals surface area contributed by atoms with E-state index in [0.29, 0.717) is 19.4 Å². The summed E-state index contributed by atoms with van der Waals surface area (Å²) in [5, 5.41) is 12.9. The van der Waals surface area contributed by atoms with Crippen LogP contribution in [0.5, 0.6) is 0 Å². The first-order valence-corrected chi connectivity index (χ1v) is 13.8. The molecule has 1 saturated heterocycles. The average molecular weight is 471 g/mol. The zero-order valence-electron chi connectivity index (χ0n) is 20.7. The molecule has 0 amide bonds. The minimum atomic E-state index is -2.73. The summed E-state index contributed by atoms with van der Waals surface area (Å²) in [6.07, 6.45) is -0.208. The monoisotopic (exact) mass is 470 g/mol. The van der Waals surface area contributed by atoms with Crippen LogP contribution in [0.15, 0.2) is 60.7 Å². The number of methoxy groups -OCH3 is 1. The SMILES string of the molecule is CO[C@@H]1[C@@H](O)CC[C@@]2(CO[Si](c3ccccc3)(c3ccccc3)C(C)(C)C)OC(C)(C)O[C@@H]12. The molecular formula is C27H38O5Si. The Hall–Kier alpha value is -1.54. The highest BCUT2D eigenvalue weighted by molar-refractivity contribution is 6.99. The number of aliphatic hydroxyl groups is 1. The molecule has 1 N–H and O–H groups in total. The van der Waals surface area contributed by atoms with Gasteiger partial charge in [-0.05, 0) is 42.1 Å². The normalized spacial score (nSPS) is 29.6. The van der Waals surface area contributed by atoms with E-state index in [4.69, 9.17) is 18.6 Å². The summed E-state index contributed by atoms with van der Waals surface area (Å²) >= 11 is 0. The van der Waals surface area contributed by atoms with Gasteiger partial charge in [0.1, 0.15) is 17.8 Å². The first kappa shape index (κ1) is 24.6. The van der Waals surface area contributed by atoms with Gasteiger partial charge in [-0.2, -0.15) is 0 Å². The van der Waals surface area contributed by atoms with Gasteiger partial charge in [0, 0.05) is 7.11 Å². The minimum Gasteiger partial charge on any atom is -0.404 e. The number of aliphatic hydroxyl groups excluding tert-OH is 1. The summed E-state index contributed by atoms with van der Waals surface area (Å²) in [6.45, 7) is 11.0. The van der Waals surface area contributed by atoms with Crippen molar-refractivity contribution >= 4 is 18.7 Å². The average Bonchev–Trinajstić information content (AvgIpc) is 3.05. The molecule has 0 radical (unpaired) electrons. The third-order valence-electron chi connectivity index (χ3n) is 7.14. The Morgan fingerprint density at radius 2 is 1.55 bits per heavy atom. The molecule has 2 aromatic carbocycles. The molecule has 1 heterocycles. The van der Waals surface area contributed by atoms with E-state index in [9.17, 15) is 5.11 Å². The molecule has 1 saturated carbocycles. The third-order valence-corrected chi connectivity index (χ3v) is 12.1. The topological polar surface area (TPSA) is 57.2 Å². The molecule has 0 aromatic heterocycles. The molecule has 33 heavy (non-hydrogen) atoms. The molecule has 6 heteroatoms. The van der Waals surface area contributed by atoms with Crippen LogP contribution >= 0.6 is 0 Å². The Kier molecular flexibility index (Phi) is 6.64. The zero-order valence-corrected chi connectivity index (χ0v) is 21.7. The van der Waals surface area contributed by atoms with E-state index in [1.54, 1.807) is 7.11 Å². The minimum absolute atomic E-state index is 0.133. The maximum atomic E-state index is 10.6. The number of rotatable bonds is 6. The van der Waals surface area contributed by atoms with Crippen molar-refractivity contribution in [3.05, 3.63) is 60.7 Å². The molecule has 1 aliphatic heterocycles. The lowest BCUT2D eigenvalue weighted by Crippen LogP contribution is -2.69. The fraction of sp³-hybridized carbons (Fsp3) is 0.556. The van der Waals surface area contributed by atoms with Gasteiger partial charge in [0.05, 0.1) is 12.7 Å². The highest BCUT2D eigenvalue weighted by Crippen LogP contribution is 2.47. The fourth-order valence-electron chi connectivity index (χ4n) is 5.76. The highest BCUT2D eigenvalue weighted by atomic mass is 28.4. The van der Waals surface area contributed by atoms with Gasteiger partial charge < -0.3 is 23.7 Å². The molecule has 2 fully saturated rings. The summed E-state index contributed by atoms with van der Waals surface area (Å²) in [6, 6.07) is 21.2. The molecule has 0 spiro atoms. The van der Waals surface area contributed by atoms with E-state index in [0.717, 1.165) is 0 Å². The van der Waals surface area contributed by atoms with Crippen molar-refractivity contribution in [2.24, 2.45) is 0 Å². The summed E-state index contributed by atoms with van der Waals surface area (Å²) in [4.78, 5) is 0. The predicted octanol–water partition coefficient (Wildman–Crippen LogP) is 3.62. The third kappa shape index (κ3) is 4.33. The van der Waals surface area contributed by atoms with Gasteiger partial charge in [-0.15, -0.1) is 0 Å². The Morgan fingerprint density at radius 1 is 1.00 bits per heavy atom. The van der Waals surface area contributed by atoms with E-state index in [2.05, 4.69) is 69.3 Å². The predicted molar refractivity (Wildman–Crippen MR) is 132 cm³/mol. The van der Waals surface area contributed by atoms with E-state index >= 15 is 0 Å². The summed E-state index contributed by atoms with van der Waals surface area (Å²) < 4.78 is 25.8. The quantitative estimate of drug-likeness (QED) is 0.654. The van der Waals surface area contributed by atoms with Crippen LogP contribution in [0.25, 0.3) is 0 Å². The van der Waals surface area contributed by atoms with Gasteiger partial charge in [0.25, 0.3) is 8.32 Å². The second-order valence-electron chi connectivity index (χ2n) is 10.9. The Balaban J connectivity index is 1.79. The maximum absolute atomic E-state index is 10.6. The highest BCUT2D eigenvalue weighted by Gasteiger charge is 2.62. The Bertz CT molecular complexity index is 887. The van der Waals surface area contributed by atoms with Gasteiger partial charge in [-0.3, -0.25) is 0 Å². The van der Waals surface area contributed by atoms with Crippen molar-refractivity contribution in [3.8, 4) is 0 Å². The second-order valence-corrected chi connectivity index (χ2v) is 15.2. The molecule has 4 rings (SSSR count). The standard InChI is InChI=1S/C27H38O5Si/c1-25(2,3)33(20-13-9-7-10-14-20,21-15-11-8-12-16-21)30-19-27-18-17-22(28)23(29-6)24(27)31-26(4,5)32-27/h7-16,22-24,28H,17-19H2,1-6H3/t22-,23+,24-,27-/m0/s1. The number of benzene rings is 2. The Labute approximate surface area is 199 Å². The van der Waals surface area contributed by atoms with Crippen LogP contribution in [0.1, 0.15) is 47.5 Å². The number of hydrogen-bond donors (Lipinski definition) is 1. The molecule has 0 unspecified atom stereocenters. The fourth-order valence-corrected chi connectivity index (χ4v) is 10.4. The van der Waals surface area contributed by atoms with Crippen LogP contribution in [0.3, 0.4) is 0 Å². The van der Waals surface area contributed by atoms with Gasteiger partial charge in [0.15, 0.2) is 5.79 Å². The van der Waals surface area contributed by atoms with Crippen molar-refractivity contribution in [3.63, 3.8) is 0 Å². The largest absolute Gasteiger partial charge is 0.404 e. The van der Waals surface area contributed by atoms with Crippen LogP contribution in [-0.2, 0) is 18.6 Å². The van der Waals surface area contributed by atoms with E-state index < -0.39 is 38.0 Å². The zero-order chi connectivity index (χ0) is 23.9. The smallest absolute Gasteiger partial charge is 0.261 e. The summed E-state index contributed by atoms with van der Waals surface area (Å²) in [5.74, 6) is -0.777. The van der Waals surface area contributed by atoms with E-state index in [1.165, 1.54) is 10.4 Å². The van der Waals surface area contributed by atoms with Gasteiger partial charge in [-0.25, -0.2) is 0 Å². The van der Waals surface area contributed by atoms with Crippen LogP contribution < -0.4 is 10.4 Å². The lowest BCUT2D eigenvalue weighted by molar-refractivity contribution is -0.170. The molecular weight excluding hydrogens is 432 g/mol. The van der Waals surface area contributed by atoms with Gasteiger partial charge >= 0.3 is 0 Å². The lowest BCUT2D eigenvalue weighted by atomic mass is 9.79. The van der Waals surface area contributed by atoms with E-state index in [-0.39, 0.29) is 5.04 Å². The van der Waals surface area contributed by atoms with Crippen molar-refractivity contribution in [1.82, 2.24) is 0 Å². The van der Waals surface area contributed by atoms with Crippen molar-refractivity contribution < 1.29 is 23.7 Å². The van der Waals surface area contributed by atoms with Gasteiger partial charge in [-0.1, -0.05) is 81.4 Å². The molecule has 4 atom stereocenters. The first-order chi connectivity index (χ1) is 15.5. The van der Waals surface area contributed by atoms with Crippen molar-refractivity contribution in [1.29, 1.82) is 0 Å². The van der Waals surface area contributed by atoms with Crippen LogP contribution in [0.2, 0.25) is 5.04 Å². The Morgan fingerprint density at radius 3 is 2.03 bits per heavy atom. The molecule has 1 aliphatic carbocycles. The van der Waals surface area contributed by atoms with Crippen LogP contribution in [-0.4, -0.2) is 56.8 Å². The first-order valence-electron chi connectivity index (χ1n) is 11.9. The summed E-state index contributed by atoms with van der Waals surface area (Å²) in [7, 11) is -1.11.